The standard InChI is InChI=1S/C13H26N4O4S/c1-2-3-11-8-16(10-13(14)18)9-12(11)15-22(19,20)17-4-6-21-7-5-17/h11-12,15H,2-10H2,1H3,(H2,14,18)/t11-,12-/m0/s1. The molecule has 0 unspecified atom stereocenters. The van der Waals surface area contributed by atoms with E-state index in [4.69, 9.17) is 10.5 Å². The van der Waals surface area contributed by atoms with Gasteiger partial charge in [0.25, 0.3) is 10.2 Å². The Morgan fingerprint density at radius 2 is 2.00 bits per heavy atom. The van der Waals surface area contributed by atoms with E-state index in [1.807, 2.05) is 4.90 Å². The fraction of sp³-hybridized carbons (Fsp3) is 0.923. The highest BCUT2D eigenvalue weighted by molar-refractivity contribution is 7.87. The van der Waals surface area contributed by atoms with Gasteiger partial charge in [0.2, 0.25) is 5.91 Å². The van der Waals surface area contributed by atoms with Gasteiger partial charge in [0, 0.05) is 32.2 Å². The van der Waals surface area contributed by atoms with Crippen LogP contribution in [0.15, 0.2) is 0 Å². The van der Waals surface area contributed by atoms with Crippen LogP contribution in [0.2, 0.25) is 0 Å². The maximum Gasteiger partial charge on any atom is 0.279 e. The van der Waals surface area contributed by atoms with Crippen molar-refractivity contribution in [3.63, 3.8) is 0 Å². The first-order valence-electron chi connectivity index (χ1n) is 7.78. The number of carbonyl (C=O) groups excluding carboxylic acids is 1. The van der Waals surface area contributed by atoms with Crippen LogP contribution in [-0.4, -0.2) is 75.5 Å². The van der Waals surface area contributed by atoms with Gasteiger partial charge in [-0.25, -0.2) is 0 Å². The van der Waals surface area contributed by atoms with Crippen LogP contribution in [0.3, 0.4) is 0 Å². The SMILES string of the molecule is CCC[C@H]1CN(CC(N)=O)C[C@@H]1NS(=O)(=O)N1CCOCC1. The van der Waals surface area contributed by atoms with Crippen molar-refractivity contribution in [2.24, 2.45) is 11.7 Å². The molecule has 2 atom stereocenters. The van der Waals surface area contributed by atoms with Crippen LogP contribution >= 0.6 is 0 Å². The first kappa shape index (κ1) is 17.6. The summed E-state index contributed by atoms with van der Waals surface area (Å²) < 4.78 is 34.4. The molecular formula is C13H26N4O4S. The van der Waals surface area contributed by atoms with Crippen molar-refractivity contribution in [1.29, 1.82) is 0 Å². The van der Waals surface area contributed by atoms with Crippen molar-refractivity contribution in [3.05, 3.63) is 0 Å². The summed E-state index contributed by atoms with van der Waals surface area (Å²) in [4.78, 5) is 13.0. The second kappa shape index (κ2) is 7.69. The Kier molecular flexibility index (Phi) is 6.16. The average Bonchev–Trinajstić information content (AvgIpc) is 2.80. The third-order valence-electron chi connectivity index (χ3n) is 4.17. The van der Waals surface area contributed by atoms with E-state index in [1.165, 1.54) is 4.31 Å². The molecule has 2 fully saturated rings. The topological polar surface area (TPSA) is 105 Å². The predicted octanol–water partition coefficient (Wildman–Crippen LogP) is -1.26. The lowest BCUT2D eigenvalue weighted by molar-refractivity contribution is -0.118. The minimum atomic E-state index is -3.51. The molecule has 9 heteroatoms. The Hall–Kier alpha value is -0.740. The highest BCUT2D eigenvalue weighted by Crippen LogP contribution is 2.22. The maximum absolute atomic E-state index is 12.5. The number of hydrogen-bond acceptors (Lipinski definition) is 5. The summed E-state index contributed by atoms with van der Waals surface area (Å²) in [6.45, 7) is 5.09. The van der Waals surface area contributed by atoms with Gasteiger partial charge in [-0.3, -0.25) is 9.69 Å². The summed E-state index contributed by atoms with van der Waals surface area (Å²) in [5.41, 5.74) is 5.24. The Morgan fingerprint density at radius 3 is 2.59 bits per heavy atom. The minimum Gasteiger partial charge on any atom is -0.379 e. The van der Waals surface area contributed by atoms with Crippen LogP contribution in [0.4, 0.5) is 0 Å². The number of rotatable bonds is 7. The van der Waals surface area contributed by atoms with Crippen molar-refractivity contribution in [3.8, 4) is 0 Å². The van der Waals surface area contributed by atoms with Crippen LogP contribution in [-0.2, 0) is 19.7 Å². The Labute approximate surface area is 132 Å². The Balaban J connectivity index is 2.00. The Bertz CT molecular complexity index is 478. The van der Waals surface area contributed by atoms with Crippen LogP contribution in [0.25, 0.3) is 0 Å². The van der Waals surface area contributed by atoms with Crippen molar-refractivity contribution in [2.75, 3.05) is 45.9 Å². The number of carbonyl (C=O) groups is 1. The molecule has 0 aliphatic carbocycles. The molecule has 2 saturated heterocycles. The lowest BCUT2D eigenvalue weighted by atomic mass is 9.99. The molecule has 0 aromatic heterocycles. The number of likely N-dealkylation sites (tertiary alicyclic amines) is 1. The third kappa shape index (κ3) is 4.63. The lowest BCUT2D eigenvalue weighted by Gasteiger charge is -2.29. The number of ether oxygens (including phenoxy) is 1. The molecule has 2 heterocycles. The first-order chi connectivity index (χ1) is 10.4. The maximum atomic E-state index is 12.5. The number of nitrogens with two attached hydrogens (primary N) is 1. The zero-order valence-corrected chi connectivity index (χ0v) is 13.8. The van der Waals surface area contributed by atoms with Crippen LogP contribution in [0.5, 0.6) is 0 Å². The van der Waals surface area contributed by atoms with Gasteiger partial charge < -0.3 is 10.5 Å². The third-order valence-corrected chi connectivity index (χ3v) is 5.81. The summed E-state index contributed by atoms with van der Waals surface area (Å²) in [5, 5.41) is 0. The summed E-state index contributed by atoms with van der Waals surface area (Å²) in [6.07, 6.45) is 1.90. The van der Waals surface area contributed by atoms with E-state index < -0.39 is 10.2 Å². The van der Waals surface area contributed by atoms with Crippen LogP contribution in [0, 0.1) is 5.92 Å². The lowest BCUT2D eigenvalue weighted by Crippen LogP contribution is -2.51. The van der Waals surface area contributed by atoms with E-state index >= 15 is 0 Å². The molecule has 1 amide bonds. The van der Waals surface area contributed by atoms with Gasteiger partial charge >= 0.3 is 0 Å². The largest absolute Gasteiger partial charge is 0.379 e. The highest BCUT2D eigenvalue weighted by atomic mass is 32.2. The van der Waals surface area contributed by atoms with E-state index in [0.717, 1.165) is 12.8 Å². The van der Waals surface area contributed by atoms with Crippen molar-refractivity contribution < 1.29 is 17.9 Å². The summed E-state index contributed by atoms with van der Waals surface area (Å²) in [7, 11) is -3.51. The van der Waals surface area contributed by atoms with Gasteiger partial charge in [-0.1, -0.05) is 13.3 Å². The zero-order valence-electron chi connectivity index (χ0n) is 13.0. The second-order valence-electron chi connectivity index (χ2n) is 5.95. The highest BCUT2D eigenvalue weighted by Gasteiger charge is 2.37. The molecular weight excluding hydrogens is 308 g/mol. The van der Waals surface area contributed by atoms with E-state index in [1.54, 1.807) is 0 Å². The van der Waals surface area contributed by atoms with E-state index in [2.05, 4.69) is 11.6 Å². The van der Waals surface area contributed by atoms with E-state index in [9.17, 15) is 13.2 Å². The molecule has 2 aliphatic rings. The first-order valence-corrected chi connectivity index (χ1v) is 9.22. The van der Waals surface area contributed by atoms with Crippen LogP contribution < -0.4 is 10.5 Å². The van der Waals surface area contributed by atoms with Crippen molar-refractivity contribution >= 4 is 16.1 Å². The molecule has 22 heavy (non-hydrogen) atoms. The Morgan fingerprint density at radius 1 is 1.32 bits per heavy atom. The van der Waals surface area contributed by atoms with Gasteiger partial charge in [-0.05, 0) is 12.3 Å². The predicted molar refractivity (Wildman–Crippen MR) is 82.3 cm³/mol. The van der Waals surface area contributed by atoms with E-state index in [-0.39, 0.29) is 24.4 Å². The van der Waals surface area contributed by atoms with Gasteiger partial charge in [0.05, 0.1) is 19.8 Å². The number of morpholine rings is 1. The number of nitrogens with zero attached hydrogens (tertiary/aromatic N) is 2. The van der Waals surface area contributed by atoms with Gasteiger partial charge in [0.1, 0.15) is 0 Å². The molecule has 0 bridgehead atoms. The molecule has 2 rings (SSSR count). The normalized spacial score (nSPS) is 28.0. The monoisotopic (exact) mass is 334 g/mol. The average molecular weight is 334 g/mol. The summed E-state index contributed by atoms with van der Waals surface area (Å²) in [6, 6.07) is -0.174. The fourth-order valence-corrected chi connectivity index (χ4v) is 4.59. The van der Waals surface area contributed by atoms with Gasteiger partial charge in [-0.2, -0.15) is 17.4 Å². The van der Waals surface area contributed by atoms with Crippen molar-refractivity contribution in [1.82, 2.24) is 13.9 Å². The molecule has 128 valence electrons. The molecule has 0 aromatic rings. The number of amides is 1. The number of hydrogen-bond donors (Lipinski definition) is 2. The summed E-state index contributed by atoms with van der Waals surface area (Å²) in [5.74, 6) is -0.174. The second-order valence-corrected chi connectivity index (χ2v) is 7.65. The quantitative estimate of drug-likeness (QED) is 0.604. The minimum absolute atomic E-state index is 0.174. The van der Waals surface area contributed by atoms with Gasteiger partial charge in [-0.15, -0.1) is 0 Å². The smallest absolute Gasteiger partial charge is 0.279 e. The fourth-order valence-electron chi connectivity index (χ4n) is 3.16. The molecule has 3 N–H and O–H groups in total. The summed E-state index contributed by atoms with van der Waals surface area (Å²) >= 11 is 0. The van der Waals surface area contributed by atoms with Crippen LogP contribution in [0.1, 0.15) is 19.8 Å². The van der Waals surface area contributed by atoms with E-state index in [0.29, 0.717) is 39.4 Å². The molecule has 0 aromatic carbocycles. The molecule has 2 aliphatic heterocycles. The number of primary amides is 1. The molecule has 8 nitrogen and oxygen atoms in total. The molecule has 0 spiro atoms. The van der Waals surface area contributed by atoms with Gasteiger partial charge in [0.15, 0.2) is 0 Å². The molecule has 0 radical (unpaired) electrons. The molecule has 0 saturated carbocycles. The number of nitrogens with one attached hydrogen (secondary N) is 1. The zero-order chi connectivity index (χ0) is 16.2. The van der Waals surface area contributed by atoms with Crippen molar-refractivity contribution in [2.45, 2.75) is 25.8 Å².